The first-order chi connectivity index (χ1) is 13.3. The fourth-order valence-corrected chi connectivity index (χ4v) is 4.11. The van der Waals surface area contributed by atoms with Crippen molar-refractivity contribution in [3.8, 4) is 10.6 Å². The third kappa shape index (κ3) is 4.43. The number of carbonyl (C=O) groups is 1. The summed E-state index contributed by atoms with van der Waals surface area (Å²) in [4.78, 5) is 17.0. The van der Waals surface area contributed by atoms with Gasteiger partial charge in [0.1, 0.15) is 10.7 Å². The predicted molar refractivity (Wildman–Crippen MR) is 107 cm³/mol. The van der Waals surface area contributed by atoms with Gasteiger partial charge >= 0.3 is 0 Å². The molecule has 1 amide bonds. The quantitative estimate of drug-likeness (QED) is 0.689. The van der Waals surface area contributed by atoms with E-state index in [9.17, 15) is 4.79 Å². The average molecular weight is 382 g/mol. The number of piperidine rings is 1. The normalized spacial score (nSPS) is 17.0. The first-order valence-corrected chi connectivity index (χ1v) is 10.2. The van der Waals surface area contributed by atoms with E-state index in [2.05, 4.69) is 38.2 Å². The van der Waals surface area contributed by atoms with Crippen molar-refractivity contribution in [1.82, 2.24) is 25.4 Å². The standard InChI is InChI=1S/C20H23N5OS/c26-19(18-9-12-25(24-18)17-7-4-10-21-13-17)22-11-8-16-14-27-20(23-16)15-5-2-1-3-6-15/h1-3,5-6,9,12,14,17,21H,4,7-8,10-11,13H2,(H,22,26). The summed E-state index contributed by atoms with van der Waals surface area (Å²) in [6, 6.07) is 12.3. The molecule has 0 radical (unpaired) electrons. The number of amides is 1. The molecule has 7 heteroatoms. The number of rotatable bonds is 6. The Morgan fingerprint density at radius 3 is 3.00 bits per heavy atom. The van der Waals surface area contributed by atoms with Crippen LogP contribution in [-0.2, 0) is 6.42 Å². The molecule has 1 fully saturated rings. The van der Waals surface area contributed by atoms with Gasteiger partial charge in [-0.3, -0.25) is 9.48 Å². The molecule has 6 nitrogen and oxygen atoms in total. The lowest BCUT2D eigenvalue weighted by Gasteiger charge is -2.22. The Morgan fingerprint density at radius 2 is 2.19 bits per heavy atom. The van der Waals surface area contributed by atoms with Gasteiger partial charge in [-0.1, -0.05) is 30.3 Å². The smallest absolute Gasteiger partial charge is 0.271 e. The number of aromatic nitrogens is 3. The molecule has 3 heterocycles. The van der Waals surface area contributed by atoms with E-state index in [0.717, 1.165) is 42.2 Å². The number of nitrogens with one attached hydrogen (secondary N) is 2. The van der Waals surface area contributed by atoms with Crippen LogP contribution >= 0.6 is 11.3 Å². The van der Waals surface area contributed by atoms with Crippen molar-refractivity contribution in [3.63, 3.8) is 0 Å². The van der Waals surface area contributed by atoms with Crippen LogP contribution in [0.5, 0.6) is 0 Å². The van der Waals surface area contributed by atoms with Crippen LogP contribution in [0, 0.1) is 0 Å². The predicted octanol–water partition coefficient (Wildman–Crippen LogP) is 2.90. The summed E-state index contributed by atoms with van der Waals surface area (Å²) in [7, 11) is 0. The van der Waals surface area contributed by atoms with Crippen LogP contribution < -0.4 is 10.6 Å². The van der Waals surface area contributed by atoms with Gasteiger partial charge in [-0.2, -0.15) is 5.10 Å². The van der Waals surface area contributed by atoms with Gasteiger partial charge in [0.25, 0.3) is 5.91 Å². The Labute approximate surface area is 162 Å². The molecule has 0 bridgehead atoms. The summed E-state index contributed by atoms with van der Waals surface area (Å²) in [6.07, 6.45) is 4.86. The number of carbonyl (C=O) groups excluding carboxylic acids is 1. The fourth-order valence-electron chi connectivity index (χ4n) is 3.25. The van der Waals surface area contributed by atoms with Gasteiger partial charge in [0, 0.05) is 36.7 Å². The van der Waals surface area contributed by atoms with E-state index in [1.807, 2.05) is 29.1 Å². The van der Waals surface area contributed by atoms with E-state index < -0.39 is 0 Å². The van der Waals surface area contributed by atoms with E-state index in [1.54, 1.807) is 17.4 Å². The van der Waals surface area contributed by atoms with E-state index in [1.165, 1.54) is 0 Å². The van der Waals surface area contributed by atoms with Gasteiger partial charge in [0.2, 0.25) is 0 Å². The third-order valence-electron chi connectivity index (χ3n) is 4.73. The molecule has 1 unspecified atom stereocenters. The van der Waals surface area contributed by atoms with Crippen LogP contribution in [0.25, 0.3) is 10.6 Å². The van der Waals surface area contributed by atoms with E-state index in [0.29, 0.717) is 24.7 Å². The molecular formula is C20H23N5OS. The Morgan fingerprint density at radius 1 is 1.30 bits per heavy atom. The number of benzene rings is 1. The molecule has 1 aliphatic rings. The summed E-state index contributed by atoms with van der Waals surface area (Å²) < 4.78 is 1.91. The highest BCUT2D eigenvalue weighted by molar-refractivity contribution is 7.13. The first-order valence-electron chi connectivity index (χ1n) is 9.33. The van der Waals surface area contributed by atoms with Crippen molar-refractivity contribution in [2.45, 2.75) is 25.3 Å². The largest absolute Gasteiger partial charge is 0.350 e. The van der Waals surface area contributed by atoms with Gasteiger partial charge in [0.05, 0.1) is 11.7 Å². The maximum absolute atomic E-state index is 12.3. The van der Waals surface area contributed by atoms with Crippen molar-refractivity contribution in [2.75, 3.05) is 19.6 Å². The zero-order chi connectivity index (χ0) is 18.5. The van der Waals surface area contributed by atoms with Crippen molar-refractivity contribution >= 4 is 17.2 Å². The van der Waals surface area contributed by atoms with Gasteiger partial charge < -0.3 is 10.6 Å². The maximum atomic E-state index is 12.3. The van der Waals surface area contributed by atoms with Crippen molar-refractivity contribution in [3.05, 3.63) is 59.4 Å². The summed E-state index contributed by atoms with van der Waals surface area (Å²) in [5.41, 5.74) is 2.60. The van der Waals surface area contributed by atoms with Gasteiger partial charge in [-0.25, -0.2) is 4.98 Å². The van der Waals surface area contributed by atoms with Crippen LogP contribution in [0.1, 0.15) is 35.1 Å². The minimum absolute atomic E-state index is 0.129. The molecule has 1 aromatic carbocycles. The molecule has 0 aliphatic carbocycles. The Bertz CT molecular complexity index is 883. The molecule has 1 saturated heterocycles. The van der Waals surface area contributed by atoms with E-state index in [4.69, 9.17) is 0 Å². The number of hydrogen-bond donors (Lipinski definition) is 2. The highest BCUT2D eigenvalue weighted by atomic mass is 32.1. The molecule has 2 aromatic heterocycles. The molecule has 3 aromatic rings. The van der Waals surface area contributed by atoms with E-state index in [-0.39, 0.29) is 5.91 Å². The van der Waals surface area contributed by atoms with Crippen LogP contribution in [0.2, 0.25) is 0 Å². The fraction of sp³-hybridized carbons (Fsp3) is 0.350. The molecule has 140 valence electrons. The highest BCUT2D eigenvalue weighted by Crippen LogP contribution is 2.23. The van der Waals surface area contributed by atoms with Crippen molar-refractivity contribution in [2.24, 2.45) is 0 Å². The maximum Gasteiger partial charge on any atom is 0.271 e. The van der Waals surface area contributed by atoms with E-state index >= 15 is 0 Å². The van der Waals surface area contributed by atoms with Crippen LogP contribution in [0.15, 0.2) is 48.0 Å². The lowest BCUT2D eigenvalue weighted by molar-refractivity contribution is 0.0947. The van der Waals surface area contributed by atoms with Crippen LogP contribution in [-0.4, -0.2) is 40.3 Å². The molecule has 1 atom stereocenters. The summed E-state index contributed by atoms with van der Waals surface area (Å²) in [5.74, 6) is -0.129. The summed E-state index contributed by atoms with van der Waals surface area (Å²) in [6.45, 7) is 2.53. The van der Waals surface area contributed by atoms with Crippen LogP contribution in [0.4, 0.5) is 0 Å². The first kappa shape index (κ1) is 17.9. The molecule has 0 saturated carbocycles. The van der Waals surface area contributed by atoms with Gasteiger partial charge in [0.15, 0.2) is 0 Å². The lowest BCUT2D eigenvalue weighted by Crippen LogP contribution is -2.32. The molecular weight excluding hydrogens is 358 g/mol. The summed E-state index contributed by atoms with van der Waals surface area (Å²) >= 11 is 1.63. The third-order valence-corrected chi connectivity index (χ3v) is 5.67. The van der Waals surface area contributed by atoms with Gasteiger partial charge in [-0.05, 0) is 25.5 Å². The number of hydrogen-bond acceptors (Lipinski definition) is 5. The van der Waals surface area contributed by atoms with Crippen molar-refractivity contribution in [1.29, 1.82) is 0 Å². The zero-order valence-corrected chi connectivity index (χ0v) is 15.9. The Hall–Kier alpha value is -2.51. The molecule has 2 N–H and O–H groups in total. The molecule has 1 aliphatic heterocycles. The van der Waals surface area contributed by atoms with Crippen molar-refractivity contribution < 1.29 is 4.79 Å². The monoisotopic (exact) mass is 381 g/mol. The molecule has 27 heavy (non-hydrogen) atoms. The minimum atomic E-state index is -0.129. The molecule has 4 rings (SSSR count). The Balaban J connectivity index is 1.29. The minimum Gasteiger partial charge on any atom is -0.350 e. The zero-order valence-electron chi connectivity index (χ0n) is 15.1. The Kier molecular flexibility index (Phi) is 5.60. The average Bonchev–Trinajstić information content (AvgIpc) is 3.39. The second-order valence-electron chi connectivity index (χ2n) is 6.70. The summed E-state index contributed by atoms with van der Waals surface area (Å²) in [5, 5.41) is 13.8. The topological polar surface area (TPSA) is 71.8 Å². The second-order valence-corrected chi connectivity index (χ2v) is 7.56. The number of thiazole rings is 1. The highest BCUT2D eigenvalue weighted by Gasteiger charge is 2.17. The second kappa shape index (κ2) is 8.45. The molecule has 0 spiro atoms. The van der Waals surface area contributed by atoms with Crippen LogP contribution in [0.3, 0.4) is 0 Å². The lowest BCUT2D eigenvalue weighted by atomic mass is 10.1. The number of nitrogens with zero attached hydrogens (tertiary/aromatic N) is 3. The van der Waals surface area contributed by atoms with Gasteiger partial charge in [-0.15, -0.1) is 11.3 Å². The SMILES string of the molecule is O=C(NCCc1csc(-c2ccccc2)n1)c1ccn(C2CCCNC2)n1.